The smallest absolute Gasteiger partial charge is 0.269 e. The molecule has 37 heavy (non-hydrogen) atoms. The highest BCUT2D eigenvalue weighted by molar-refractivity contribution is 7.99. The lowest BCUT2D eigenvalue weighted by Crippen LogP contribution is -2.24. The summed E-state index contributed by atoms with van der Waals surface area (Å²) in [5.41, 5.74) is 1.62. The van der Waals surface area contributed by atoms with Gasteiger partial charge in [-0.25, -0.2) is 9.97 Å². The van der Waals surface area contributed by atoms with Crippen LogP contribution >= 0.6 is 11.8 Å². The van der Waals surface area contributed by atoms with E-state index in [0.29, 0.717) is 50.4 Å². The molecule has 0 saturated carbocycles. The van der Waals surface area contributed by atoms with Crippen LogP contribution in [0.1, 0.15) is 5.76 Å². The molecule has 0 fully saturated rings. The summed E-state index contributed by atoms with van der Waals surface area (Å²) >= 11 is 1.19. The topological polar surface area (TPSA) is 147 Å². The van der Waals surface area contributed by atoms with Gasteiger partial charge in [-0.2, -0.15) is 4.52 Å². The standard InChI is InChI=1S/C24H20N6O6S/c1-34-19-10-17-18(11-20(19)35-2)26-24(37-13-21(31)25-12-16-4-3-9-36-16)29-23(17)27-22(28-29)14-5-7-15(8-6-14)30(32)33/h3-11H,12-13H2,1-2H3,(H,25,31). The molecule has 13 heteroatoms. The summed E-state index contributed by atoms with van der Waals surface area (Å²) in [5.74, 6) is 1.86. The number of aromatic nitrogens is 4. The monoisotopic (exact) mass is 520 g/mol. The molecule has 0 aliphatic heterocycles. The van der Waals surface area contributed by atoms with Crippen LogP contribution in [-0.4, -0.2) is 50.4 Å². The third kappa shape index (κ3) is 4.89. The summed E-state index contributed by atoms with van der Waals surface area (Å²) in [6.07, 6.45) is 1.54. The Labute approximate surface area is 213 Å². The Balaban J connectivity index is 1.53. The van der Waals surface area contributed by atoms with E-state index in [2.05, 4.69) is 10.4 Å². The van der Waals surface area contributed by atoms with Crippen LogP contribution in [-0.2, 0) is 11.3 Å². The molecule has 3 aromatic heterocycles. The fourth-order valence-corrected chi connectivity index (χ4v) is 4.41. The predicted octanol–water partition coefficient (Wildman–Crippen LogP) is 3.87. The second kappa shape index (κ2) is 10.1. The van der Waals surface area contributed by atoms with Crippen molar-refractivity contribution in [2.24, 2.45) is 0 Å². The van der Waals surface area contributed by atoms with E-state index in [9.17, 15) is 14.9 Å². The number of methoxy groups -OCH3 is 2. The van der Waals surface area contributed by atoms with Crippen molar-refractivity contribution < 1.29 is 23.6 Å². The van der Waals surface area contributed by atoms with Gasteiger partial charge in [-0.15, -0.1) is 5.10 Å². The lowest BCUT2D eigenvalue weighted by atomic mass is 10.2. The number of thioether (sulfide) groups is 1. The molecular formula is C24H20N6O6S. The highest BCUT2D eigenvalue weighted by Crippen LogP contribution is 2.35. The van der Waals surface area contributed by atoms with E-state index in [0.717, 1.165) is 0 Å². The SMILES string of the molecule is COc1cc2nc(SCC(=O)NCc3ccco3)n3nc(-c4ccc([N+](=O)[O-])cc4)nc3c2cc1OC. The summed E-state index contributed by atoms with van der Waals surface area (Å²) in [7, 11) is 3.07. The molecule has 0 atom stereocenters. The van der Waals surface area contributed by atoms with Crippen LogP contribution in [0.3, 0.4) is 0 Å². The van der Waals surface area contributed by atoms with Gasteiger partial charge in [0.05, 0.1) is 43.2 Å². The molecule has 0 unspecified atom stereocenters. The van der Waals surface area contributed by atoms with E-state index < -0.39 is 4.92 Å². The number of hydrogen-bond donors (Lipinski definition) is 1. The Hall–Kier alpha value is -4.65. The number of benzene rings is 2. The van der Waals surface area contributed by atoms with E-state index in [-0.39, 0.29) is 23.9 Å². The van der Waals surface area contributed by atoms with Crippen molar-refractivity contribution >= 4 is 39.9 Å². The van der Waals surface area contributed by atoms with Gasteiger partial charge < -0.3 is 19.2 Å². The van der Waals surface area contributed by atoms with Crippen molar-refractivity contribution in [1.82, 2.24) is 24.9 Å². The average molecular weight is 521 g/mol. The fraction of sp³-hybridized carbons (Fsp3) is 0.167. The minimum atomic E-state index is -0.469. The molecule has 0 bridgehead atoms. The van der Waals surface area contributed by atoms with Crippen molar-refractivity contribution in [3.63, 3.8) is 0 Å². The summed E-state index contributed by atoms with van der Waals surface area (Å²) in [4.78, 5) is 32.4. The number of furan rings is 1. The first-order valence-corrected chi connectivity index (χ1v) is 11.9. The van der Waals surface area contributed by atoms with Crippen molar-refractivity contribution in [3.05, 3.63) is 70.7 Å². The second-order valence-corrected chi connectivity index (χ2v) is 8.68. The minimum absolute atomic E-state index is 0.0340. The van der Waals surface area contributed by atoms with Gasteiger partial charge in [0.15, 0.2) is 28.1 Å². The number of nitrogens with zero attached hydrogens (tertiary/aromatic N) is 5. The van der Waals surface area contributed by atoms with E-state index >= 15 is 0 Å². The fourth-order valence-electron chi connectivity index (χ4n) is 3.64. The lowest BCUT2D eigenvalue weighted by Gasteiger charge is -2.11. The number of rotatable bonds is 9. The maximum atomic E-state index is 12.5. The van der Waals surface area contributed by atoms with E-state index in [1.165, 1.54) is 38.1 Å². The molecule has 188 valence electrons. The molecule has 0 saturated heterocycles. The molecule has 0 spiro atoms. The van der Waals surface area contributed by atoms with Crippen molar-refractivity contribution in [1.29, 1.82) is 0 Å². The van der Waals surface area contributed by atoms with E-state index in [1.807, 2.05) is 0 Å². The highest BCUT2D eigenvalue weighted by atomic mass is 32.2. The van der Waals surface area contributed by atoms with Gasteiger partial charge in [-0.3, -0.25) is 14.9 Å². The summed E-state index contributed by atoms with van der Waals surface area (Å²) in [6.45, 7) is 0.275. The van der Waals surface area contributed by atoms with Gasteiger partial charge in [-0.05, 0) is 30.3 Å². The number of fused-ring (bicyclic) bond motifs is 3. The summed E-state index contributed by atoms with van der Waals surface area (Å²) in [6, 6.07) is 13.0. The molecule has 0 radical (unpaired) electrons. The third-order valence-corrected chi connectivity index (χ3v) is 6.38. The van der Waals surface area contributed by atoms with Crippen LogP contribution in [0.2, 0.25) is 0 Å². The molecule has 5 aromatic rings. The van der Waals surface area contributed by atoms with Gasteiger partial charge >= 0.3 is 0 Å². The van der Waals surface area contributed by atoms with Crippen molar-refractivity contribution in [3.8, 4) is 22.9 Å². The number of carbonyl (C=O) groups is 1. The largest absolute Gasteiger partial charge is 0.493 e. The van der Waals surface area contributed by atoms with Gasteiger partial charge in [0, 0.05) is 29.1 Å². The van der Waals surface area contributed by atoms with Gasteiger partial charge in [-0.1, -0.05) is 11.8 Å². The maximum absolute atomic E-state index is 12.5. The Bertz CT molecular complexity index is 1600. The maximum Gasteiger partial charge on any atom is 0.269 e. The summed E-state index contributed by atoms with van der Waals surface area (Å²) < 4.78 is 17.7. The van der Waals surface area contributed by atoms with Crippen LogP contribution in [0.25, 0.3) is 27.9 Å². The highest BCUT2D eigenvalue weighted by Gasteiger charge is 2.19. The zero-order valence-electron chi connectivity index (χ0n) is 19.7. The first-order valence-electron chi connectivity index (χ1n) is 11.0. The summed E-state index contributed by atoms with van der Waals surface area (Å²) in [5, 5.41) is 19.5. The zero-order chi connectivity index (χ0) is 25.9. The average Bonchev–Trinajstić information content (AvgIpc) is 3.60. The first-order chi connectivity index (χ1) is 18.0. The normalized spacial score (nSPS) is 11.1. The van der Waals surface area contributed by atoms with Gasteiger partial charge in [0.2, 0.25) is 5.91 Å². The molecule has 1 N–H and O–H groups in total. The molecular weight excluding hydrogens is 500 g/mol. The Kier molecular flexibility index (Phi) is 6.60. The minimum Gasteiger partial charge on any atom is -0.493 e. The molecule has 0 aliphatic carbocycles. The van der Waals surface area contributed by atoms with Crippen LogP contribution in [0.5, 0.6) is 11.5 Å². The van der Waals surface area contributed by atoms with E-state index in [4.69, 9.17) is 23.9 Å². The van der Waals surface area contributed by atoms with Crippen LogP contribution in [0.15, 0.2) is 64.4 Å². The number of nitro groups is 1. The predicted molar refractivity (Wildman–Crippen MR) is 135 cm³/mol. The molecule has 1 amide bonds. The number of hydrogen-bond acceptors (Lipinski definition) is 10. The lowest BCUT2D eigenvalue weighted by molar-refractivity contribution is -0.384. The Morgan fingerprint density at radius 2 is 1.89 bits per heavy atom. The van der Waals surface area contributed by atoms with Crippen molar-refractivity contribution in [2.75, 3.05) is 20.0 Å². The van der Waals surface area contributed by atoms with Gasteiger partial charge in [0.1, 0.15) is 5.76 Å². The number of carbonyl (C=O) groups excluding carboxylic acids is 1. The number of ether oxygens (including phenoxy) is 2. The second-order valence-electron chi connectivity index (χ2n) is 7.74. The van der Waals surface area contributed by atoms with Crippen LogP contribution in [0.4, 0.5) is 5.69 Å². The third-order valence-electron chi connectivity index (χ3n) is 5.46. The zero-order valence-corrected chi connectivity index (χ0v) is 20.5. The van der Waals surface area contributed by atoms with Gasteiger partial charge in [0.25, 0.3) is 5.69 Å². The van der Waals surface area contributed by atoms with Crippen molar-refractivity contribution in [2.45, 2.75) is 11.7 Å². The number of amides is 1. The molecule has 3 heterocycles. The quantitative estimate of drug-likeness (QED) is 0.131. The molecule has 12 nitrogen and oxygen atoms in total. The van der Waals surface area contributed by atoms with Crippen LogP contribution in [0, 0.1) is 10.1 Å². The molecule has 5 rings (SSSR count). The number of non-ortho nitro benzene ring substituents is 1. The Morgan fingerprint density at radius 1 is 1.14 bits per heavy atom. The van der Waals surface area contributed by atoms with E-state index in [1.54, 1.807) is 47.2 Å². The first kappa shape index (κ1) is 24.1. The molecule has 0 aliphatic rings. The number of nitrogens with one attached hydrogen (secondary N) is 1. The Morgan fingerprint density at radius 3 is 2.57 bits per heavy atom. The number of nitro benzene ring substituents is 1. The molecule has 2 aromatic carbocycles. The van der Waals surface area contributed by atoms with Crippen LogP contribution < -0.4 is 14.8 Å².